The highest BCUT2D eigenvalue weighted by Gasteiger charge is 2.35. The number of methoxy groups -OCH3 is 1. The van der Waals surface area contributed by atoms with Crippen molar-refractivity contribution in [1.82, 2.24) is 24.8 Å². The van der Waals surface area contributed by atoms with Crippen LogP contribution in [0.5, 0.6) is 0 Å². The maximum absolute atomic E-state index is 16.1. The predicted molar refractivity (Wildman–Crippen MR) is 177 cm³/mol. The fraction of sp³-hybridized carbons (Fsp3) is 0.562. The topological polar surface area (TPSA) is 96.0 Å². The first-order valence-electron chi connectivity index (χ1n) is 16.0. The van der Waals surface area contributed by atoms with Crippen LogP contribution in [-0.2, 0) is 27.0 Å². The van der Waals surface area contributed by atoms with E-state index in [1.54, 1.807) is 14.0 Å². The number of ether oxygens (including phenoxy) is 2. The summed E-state index contributed by atoms with van der Waals surface area (Å²) >= 11 is 7.18. The van der Waals surface area contributed by atoms with Gasteiger partial charge in [0.25, 0.3) is 0 Å². The lowest BCUT2D eigenvalue weighted by molar-refractivity contribution is -0.143. The first kappa shape index (κ1) is 36.2. The largest absolute Gasteiger partial charge is 0.466 e. The summed E-state index contributed by atoms with van der Waals surface area (Å²) in [6, 6.07) is 4.00. The molecule has 3 aromatic rings. The molecule has 2 unspecified atom stereocenters. The van der Waals surface area contributed by atoms with Gasteiger partial charge in [-0.3, -0.25) is 14.6 Å². The fourth-order valence-corrected chi connectivity index (χ4v) is 7.58. The van der Waals surface area contributed by atoms with Crippen molar-refractivity contribution in [3.63, 3.8) is 0 Å². The average molecular weight is 714 g/mol. The van der Waals surface area contributed by atoms with Gasteiger partial charge >= 0.3 is 12.1 Å². The Morgan fingerprint density at radius 3 is 2.69 bits per heavy atom. The number of benzene rings is 1. The Labute approximate surface area is 286 Å². The normalized spacial score (nSPS) is 19.2. The molecule has 5 rings (SSSR count). The Morgan fingerprint density at radius 1 is 1.15 bits per heavy atom. The van der Waals surface area contributed by atoms with Crippen molar-refractivity contribution in [1.29, 1.82) is 0 Å². The maximum atomic E-state index is 16.1. The molecular formula is C32H40ClF4N7O3S. The molecule has 0 saturated carbocycles. The molecule has 2 saturated heterocycles. The van der Waals surface area contributed by atoms with Crippen molar-refractivity contribution in [2.75, 3.05) is 63.3 Å². The summed E-state index contributed by atoms with van der Waals surface area (Å²) in [5.74, 6) is -0.946. The van der Waals surface area contributed by atoms with Crippen LogP contribution >= 0.6 is 22.9 Å². The molecule has 1 aromatic carbocycles. The molecule has 2 atom stereocenters. The van der Waals surface area contributed by atoms with Gasteiger partial charge in [0.05, 0.1) is 42.0 Å². The number of rotatable bonds is 13. The summed E-state index contributed by atoms with van der Waals surface area (Å²) in [7, 11) is 1.59. The number of hydrogen-bond donors (Lipinski definition) is 1. The summed E-state index contributed by atoms with van der Waals surface area (Å²) in [6.07, 6.45) is -0.0862. The molecule has 10 nitrogen and oxygen atoms in total. The Kier molecular flexibility index (Phi) is 12.1. The third kappa shape index (κ3) is 8.54. The van der Waals surface area contributed by atoms with E-state index in [4.69, 9.17) is 21.1 Å². The lowest BCUT2D eigenvalue weighted by atomic mass is 10.1. The number of carbonyl (C=O) groups excluding carboxylic acids is 1. The first-order valence-corrected chi connectivity index (χ1v) is 17.2. The standard InChI is InChI=1S/C32H40ClF4N7O3S/c1-4-21-7-6-11-43(21)17-25-28(20-8-9-24(33)23(15-20)32(35,36)37)40-31(48-25)41-29-27(34)30(39-19-38-29)44-14-13-42(22(16-44)18-46-3)12-10-26(45)47-5-2/h8-9,15,19,21-22H,4-7,10-14,16-18H2,1-3H3,(H,38,39,40,41). The Hall–Kier alpha value is -3.11. The van der Waals surface area contributed by atoms with E-state index >= 15 is 4.39 Å². The monoisotopic (exact) mass is 713 g/mol. The van der Waals surface area contributed by atoms with Crippen LogP contribution in [0.1, 0.15) is 50.0 Å². The number of aromatic nitrogens is 3. The number of carbonyl (C=O) groups is 1. The Balaban J connectivity index is 1.40. The molecule has 0 aliphatic carbocycles. The molecule has 0 radical (unpaired) electrons. The van der Waals surface area contributed by atoms with Crippen molar-refractivity contribution < 1.29 is 31.8 Å². The molecule has 0 amide bonds. The van der Waals surface area contributed by atoms with Crippen molar-refractivity contribution in [3.05, 3.63) is 45.8 Å². The summed E-state index contributed by atoms with van der Waals surface area (Å²) < 4.78 is 67.9. The summed E-state index contributed by atoms with van der Waals surface area (Å²) in [5.41, 5.74) is -0.295. The first-order chi connectivity index (χ1) is 23.0. The van der Waals surface area contributed by atoms with Crippen LogP contribution in [0, 0.1) is 5.82 Å². The second kappa shape index (κ2) is 16.1. The Bertz CT molecular complexity index is 1560. The summed E-state index contributed by atoms with van der Waals surface area (Å²) in [5, 5.41) is 2.88. The van der Waals surface area contributed by atoms with Gasteiger partial charge in [-0.15, -0.1) is 0 Å². The third-order valence-corrected chi connectivity index (χ3v) is 10.0. The molecule has 1 N–H and O–H groups in total. The van der Waals surface area contributed by atoms with E-state index in [0.717, 1.165) is 36.8 Å². The van der Waals surface area contributed by atoms with E-state index in [1.165, 1.54) is 29.8 Å². The van der Waals surface area contributed by atoms with E-state index in [-0.39, 0.29) is 35.6 Å². The van der Waals surface area contributed by atoms with Crippen LogP contribution in [0.15, 0.2) is 24.5 Å². The maximum Gasteiger partial charge on any atom is 0.417 e. The van der Waals surface area contributed by atoms with Crippen molar-refractivity contribution in [2.45, 2.75) is 64.3 Å². The minimum absolute atomic E-state index is 0.0976. The molecule has 48 heavy (non-hydrogen) atoms. The van der Waals surface area contributed by atoms with Crippen LogP contribution < -0.4 is 10.2 Å². The van der Waals surface area contributed by atoms with Crippen molar-refractivity contribution >= 4 is 45.7 Å². The van der Waals surface area contributed by atoms with Gasteiger partial charge in [0.1, 0.15) is 6.33 Å². The van der Waals surface area contributed by atoms with Crippen LogP contribution in [0.25, 0.3) is 11.3 Å². The Morgan fingerprint density at radius 2 is 1.96 bits per heavy atom. The average Bonchev–Trinajstić information content (AvgIpc) is 3.68. The lowest BCUT2D eigenvalue weighted by Crippen LogP contribution is -2.55. The van der Waals surface area contributed by atoms with Gasteiger partial charge in [0.15, 0.2) is 16.8 Å². The number of hydrogen-bond acceptors (Lipinski definition) is 11. The number of alkyl halides is 3. The lowest BCUT2D eigenvalue weighted by Gasteiger charge is -2.41. The quantitative estimate of drug-likeness (QED) is 0.154. The van der Waals surface area contributed by atoms with Crippen molar-refractivity contribution in [2.24, 2.45) is 0 Å². The molecule has 2 aliphatic rings. The number of thiazole rings is 1. The number of likely N-dealkylation sites (tertiary alicyclic amines) is 1. The zero-order chi connectivity index (χ0) is 34.4. The number of esters is 1. The number of nitrogens with one attached hydrogen (secondary N) is 1. The van der Waals surface area contributed by atoms with E-state index < -0.39 is 22.6 Å². The molecule has 2 aliphatic heterocycles. The number of halogens is 5. The zero-order valence-electron chi connectivity index (χ0n) is 27.2. The van der Waals surface area contributed by atoms with E-state index in [1.807, 2.05) is 4.90 Å². The fourth-order valence-electron chi connectivity index (χ4n) is 6.35. The molecule has 2 aromatic heterocycles. The highest BCUT2D eigenvalue weighted by Crippen LogP contribution is 2.41. The molecule has 0 spiro atoms. The van der Waals surface area contributed by atoms with Gasteiger partial charge in [-0.2, -0.15) is 17.6 Å². The molecular weight excluding hydrogens is 674 g/mol. The van der Waals surface area contributed by atoms with Gasteiger partial charge in [-0.1, -0.05) is 35.9 Å². The van der Waals surface area contributed by atoms with Gasteiger partial charge in [0.2, 0.25) is 5.82 Å². The van der Waals surface area contributed by atoms with Crippen LogP contribution in [0.3, 0.4) is 0 Å². The number of nitrogens with zero attached hydrogens (tertiary/aromatic N) is 6. The SMILES string of the molecule is CCOC(=O)CCN1CCN(c2ncnc(Nc3nc(-c4ccc(Cl)c(C(F)(F)F)c4)c(CN4CCCC4CC)s3)c2F)CC1COC. The highest BCUT2D eigenvalue weighted by atomic mass is 35.5. The zero-order valence-corrected chi connectivity index (χ0v) is 28.7. The van der Waals surface area contributed by atoms with E-state index in [9.17, 15) is 18.0 Å². The minimum atomic E-state index is -4.64. The van der Waals surface area contributed by atoms with E-state index in [2.05, 4.69) is 37.0 Å². The van der Waals surface area contributed by atoms with Gasteiger partial charge in [-0.25, -0.2) is 15.0 Å². The summed E-state index contributed by atoms with van der Waals surface area (Å²) in [6.45, 7) is 7.84. The highest BCUT2D eigenvalue weighted by molar-refractivity contribution is 7.16. The van der Waals surface area contributed by atoms with Crippen LogP contribution in [-0.4, -0.2) is 95.9 Å². The molecule has 4 heterocycles. The second-order valence-electron chi connectivity index (χ2n) is 11.8. The summed E-state index contributed by atoms with van der Waals surface area (Å²) in [4.78, 5) is 32.0. The molecule has 0 bridgehead atoms. The third-order valence-electron chi connectivity index (χ3n) is 8.73. The second-order valence-corrected chi connectivity index (χ2v) is 13.3. The van der Waals surface area contributed by atoms with Gasteiger partial charge < -0.3 is 19.7 Å². The molecule has 16 heteroatoms. The van der Waals surface area contributed by atoms with E-state index in [0.29, 0.717) is 62.8 Å². The van der Waals surface area contributed by atoms with Crippen LogP contribution in [0.4, 0.5) is 34.3 Å². The number of piperazine rings is 1. The van der Waals surface area contributed by atoms with Gasteiger partial charge in [0, 0.05) is 56.3 Å². The number of anilines is 3. The minimum Gasteiger partial charge on any atom is -0.466 e. The smallest absolute Gasteiger partial charge is 0.417 e. The predicted octanol–water partition coefficient (Wildman–Crippen LogP) is 6.62. The van der Waals surface area contributed by atoms with Crippen LogP contribution in [0.2, 0.25) is 5.02 Å². The van der Waals surface area contributed by atoms with Crippen molar-refractivity contribution in [3.8, 4) is 11.3 Å². The molecule has 2 fully saturated rings. The molecule has 262 valence electrons. The van der Waals surface area contributed by atoms with Gasteiger partial charge in [-0.05, 0) is 44.9 Å².